The van der Waals surface area contributed by atoms with Crippen LogP contribution in [-0.2, 0) is 9.59 Å². The topological polar surface area (TPSA) is 61.8 Å². The van der Waals surface area contributed by atoms with Crippen molar-refractivity contribution in [2.45, 2.75) is 6.42 Å². The molecule has 1 aliphatic rings. The maximum atomic E-state index is 13.8. The van der Waals surface area contributed by atoms with Gasteiger partial charge in [-0.1, -0.05) is 24.3 Å². The summed E-state index contributed by atoms with van der Waals surface area (Å²) in [5, 5.41) is 2.53. The maximum Gasteiger partial charge on any atom is 0.244 e. The summed E-state index contributed by atoms with van der Waals surface area (Å²) in [6, 6.07) is 16.9. The molecule has 2 amide bonds. The molecule has 1 aromatic heterocycles. The van der Waals surface area contributed by atoms with Gasteiger partial charge in [0.15, 0.2) is 0 Å². The normalized spacial score (nSPS) is 13.5. The van der Waals surface area contributed by atoms with Crippen LogP contribution in [0.2, 0.25) is 0 Å². The van der Waals surface area contributed by atoms with E-state index in [1.54, 1.807) is 30.3 Å². The predicted molar refractivity (Wildman–Crippen MR) is 117 cm³/mol. The van der Waals surface area contributed by atoms with Gasteiger partial charge in [-0.15, -0.1) is 11.3 Å². The molecular weight excluding hydrogens is 457 g/mol. The number of fused-ring (bicyclic) bond motifs is 1. The molecule has 0 radical (unpaired) electrons. The molecule has 146 valence electrons. The lowest BCUT2D eigenvalue weighted by atomic mass is 10.2. The first-order valence-corrected chi connectivity index (χ1v) is 10.4. The molecule has 5 nitrogen and oxygen atoms in total. The first kappa shape index (κ1) is 19.5. The zero-order chi connectivity index (χ0) is 20.4. The lowest BCUT2D eigenvalue weighted by Crippen LogP contribution is -2.38. The Labute approximate surface area is 179 Å². The van der Waals surface area contributed by atoms with Crippen LogP contribution in [0.5, 0.6) is 0 Å². The minimum absolute atomic E-state index is 0.0641. The fourth-order valence-electron chi connectivity index (χ4n) is 3.03. The van der Waals surface area contributed by atoms with E-state index in [9.17, 15) is 14.0 Å². The third kappa shape index (κ3) is 4.28. The predicted octanol–water partition coefficient (Wildman–Crippen LogP) is 5.15. The summed E-state index contributed by atoms with van der Waals surface area (Å²) < 4.78 is 14.8. The van der Waals surface area contributed by atoms with E-state index >= 15 is 0 Å². The van der Waals surface area contributed by atoms with Crippen molar-refractivity contribution in [3.63, 3.8) is 0 Å². The van der Waals surface area contributed by atoms with Gasteiger partial charge < -0.3 is 10.2 Å². The van der Waals surface area contributed by atoms with E-state index in [1.807, 2.05) is 18.2 Å². The second-order valence-corrected chi connectivity index (χ2v) is 8.80. The molecule has 2 heterocycles. The summed E-state index contributed by atoms with van der Waals surface area (Å²) in [6.45, 7) is -0.235. The van der Waals surface area contributed by atoms with Gasteiger partial charge in [-0.3, -0.25) is 9.59 Å². The SMILES string of the molecule is O=C(CN1C(=O)CC(c2ccc(Br)s2)=Nc2ccccc21)Nc1ccccc1F. The third-order valence-electron chi connectivity index (χ3n) is 4.35. The van der Waals surface area contributed by atoms with Crippen LogP contribution in [0.15, 0.2) is 69.4 Å². The first-order chi connectivity index (χ1) is 14.0. The molecule has 2 aromatic carbocycles. The lowest BCUT2D eigenvalue weighted by Gasteiger charge is -2.22. The van der Waals surface area contributed by atoms with Crippen molar-refractivity contribution in [3.05, 3.63) is 75.1 Å². The van der Waals surface area contributed by atoms with Gasteiger partial charge in [0.1, 0.15) is 12.4 Å². The molecule has 0 aliphatic carbocycles. The summed E-state index contributed by atoms with van der Waals surface area (Å²) in [4.78, 5) is 32.5. The van der Waals surface area contributed by atoms with Crippen molar-refractivity contribution in [3.8, 4) is 0 Å². The number of carbonyl (C=O) groups is 2. The van der Waals surface area contributed by atoms with Crippen molar-refractivity contribution in [2.24, 2.45) is 4.99 Å². The zero-order valence-corrected chi connectivity index (χ0v) is 17.5. The minimum Gasteiger partial charge on any atom is -0.322 e. The van der Waals surface area contributed by atoms with Gasteiger partial charge in [0, 0.05) is 0 Å². The molecule has 4 rings (SSSR count). The van der Waals surface area contributed by atoms with Crippen molar-refractivity contribution < 1.29 is 14.0 Å². The van der Waals surface area contributed by atoms with Gasteiger partial charge in [0.05, 0.1) is 37.9 Å². The number of anilines is 2. The van der Waals surface area contributed by atoms with Crippen molar-refractivity contribution in [1.29, 1.82) is 0 Å². The van der Waals surface area contributed by atoms with Crippen LogP contribution in [-0.4, -0.2) is 24.1 Å². The average molecular weight is 472 g/mol. The number of rotatable bonds is 4. The summed E-state index contributed by atoms with van der Waals surface area (Å²) >= 11 is 4.92. The molecule has 1 aliphatic heterocycles. The van der Waals surface area contributed by atoms with Crippen LogP contribution in [0.25, 0.3) is 0 Å². The van der Waals surface area contributed by atoms with Crippen molar-refractivity contribution in [1.82, 2.24) is 0 Å². The highest BCUT2D eigenvalue weighted by Crippen LogP contribution is 2.34. The number of hydrogen-bond acceptors (Lipinski definition) is 4. The molecular formula is C21H15BrFN3O2S. The number of amides is 2. The quantitative estimate of drug-likeness (QED) is 0.571. The number of aliphatic imine (C=N–C) groups is 1. The van der Waals surface area contributed by atoms with E-state index in [0.29, 0.717) is 17.1 Å². The molecule has 0 saturated heterocycles. The number of nitrogens with one attached hydrogen (secondary N) is 1. The summed E-state index contributed by atoms with van der Waals surface area (Å²) in [5.41, 5.74) is 1.88. The fraction of sp³-hybridized carbons (Fsp3) is 0.0952. The maximum absolute atomic E-state index is 13.8. The Morgan fingerprint density at radius 3 is 2.66 bits per heavy atom. The molecule has 0 fully saturated rings. The molecule has 8 heteroatoms. The Bertz CT molecular complexity index is 1130. The summed E-state index contributed by atoms with van der Waals surface area (Å²) in [7, 11) is 0. The summed E-state index contributed by atoms with van der Waals surface area (Å²) in [5.74, 6) is -1.26. The number of benzene rings is 2. The van der Waals surface area contributed by atoms with Gasteiger partial charge in [-0.25, -0.2) is 9.38 Å². The van der Waals surface area contributed by atoms with Crippen molar-refractivity contribution in [2.75, 3.05) is 16.8 Å². The van der Waals surface area contributed by atoms with Crippen LogP contribution >= 0.6 is 27.3 Å². The lowest BCUT2D eigenvalue weighted by molar-refractivity contribution is -0.120. The molecule has 0 bridgehead atoms. The number of hydrogen-bond donors (Lipinski definition) is 1. The molecule has 0 spiro atoms. The van der Waals surface area contributed by atoms with Gasteiger partial charge >= 0.3 is 0 Å². The number of nitrogens with zero attached hydrogens (tertiary/aromatic N) is 2. The van der Waals surface area contributed by atoms with E-state index in [4.69, 9.17) is 0 Å². The highest BCUT2D eigenvalue weighted by Gasteiger charge is 2.27. The van der Waals surface area contributed by atoms with E-state index in [1.165, 1.54) is 28.4 Å². The monoisotopic (exact) mass is 471 g/mol. The Morgan fingerprint density at radius 1 is 1.14 bits per heavy atom. The third-order valence-corrected chi connectivity index (χ3v) is 6.03. The minimum atomic E-state index is -0.530. The van der Waals surface area contributed by atoms with Gasteiger partial charge in [-0.05, 0) is 52.3 Å². The van der Waals surface area contributed by atoms with Crippen LogP contribution in [0, 0.1) is 5.82 Å². The van der Waals surface area contributed by atoms with E-state index in [-0.39, 0.29) is 24.6 Å². The molecule has 1 N–H and O–H groups in total. The van der Waals surface area contributed by atoms with E-state index in [0.717, 1.165) is 8.66 Å². The largest absolute Gasteiger partial charge is 0.322 e. The van der Waals surface area contributed by atoms with Crippen LogP contribution in [0.3, 0.4) is 0 Å². The number of thiophene rings is 1. The van der Waals surface area contributed by atoms with Crippen LogP contribution < -0.4 is 10.2 Å². The van der Waals surface area contributed by atoms with Crippen LogP contribution in [0.4, 0.5) is 21.5 Å². The van der Waals surface area contributed by atoms with E-state index < -0.39 is 11.7 Å². The first-order valence-electron chi connectivity index (χ1n) is 8.78. The highest BCUT2D eigenvalue weighted by atomic mass is 79.9. The molecule has 3 aromatic rings. The number of carbonyl (C=O) groups excluding carboxylic acids is 2. The average Bonchev–Trinajstić information content (AvgIpc) is 3.08. The number of halogens is 2. The Balaban J connectivity index is 1.61. The second-order valence-electron chi connectivity index (χ2n) is 6.34. The van der Waals surface area contributed by atoms with Crippen LogP contribution in [0.1, 0.15) is 11.3 Å². The van der Waals surface area contributed by atoms with Gasteiger partial charge in [-0.2, -0.15) is 0 Å². The molecule has 0 unspecified atom stereocenters. The van der Waals surface area contributed by atoms with Crippen molar-refractivity contribution >= 4 is 61.9 Å². The highest BCUT2D eigenvalue weighted by molar-refractivity contribution is 9.11. The standard InChI is InChI=1S/C21H15BrFN3O2S/c22-19-10-9-18(29-19)16-11-21(28)26(17-8-4-3-7-15(17)24-16)12-20(27)25-14-6-2-1-5-13(14)23/h1-10H,11-12H2,(H,25,27). The Morgan fingerprint density at radius 2 is 1.90 bits per heavy atom. The molecule has 0 atom stereocenters. The second kappa shape index (κ2) is 8.26. The molecule has 0 saturated carbocycles. The fourth-order valence-corrected chi connectivity index (χ4v) is 4.40. The van der Waals surface area contributed by atoms with Gasteiger partial charge in [0.25, 0.3) is 0 Å². The summed E-state index contributed by atoms with van der Waals surface area (Å²) in [6.07, 6.45) is 0.0641. The zero-order valence-electron chi connectivity index (χ0n) is 15.1. The van der Waals surface area contributed by atoms with Gasteiger partial charge in [0.2, 0.25) is 11.8 Å². The molecule has 29 heavy (non-hydrogen) atoms. The Kier molecular flexibility index (Phi) is 5.55. The van der Waals surface area contributed by atoms with E-state index in [2.05, 4.69) is 26.2 Å². The smallest absolute Gasteiger partial charge is 0.244 e. The Hall–Kier alpha value is -2.84. The number of para-hydroxylation sites is 3.